The molecule has 0 fully saturated rings. The van der Waals surface area contributed by atoms with Crippen LogP contribution >= 0.6 is 11.6 Å². The van der Waals surface area contributed by atoms with Crippen LogP contribution in [-0.2, 0) is 0 Å². The van der Waals surface area contributed by atoms with Gasteiger partial charge in [0, 0.05) is 16.8 Å². The number of nitrogens with zero attached hydrogens (tertiary/aromatic N) is 7. The molecular weight excluding hydrogens is 332 g/mol. The molecule has 0 amide bonds. The van der Waals surface area contributed by atoms with Crippen LogP contribution in [0.2, 0.25) is 5.02 Å². The summed E-state index contributed by atoms with van der Waals surface area (Å²) in [7, 11) is 0. The number of benzene rings is 1. The first-order chi connectivity index (χ1) is 11.6. The maximum absolute atomic E-state index is 9.93. The highest BCUT2D eigenvalue weighted by molar-refractivity contribution is 6.31. The number of halogens is 1. The molecule has 0 atom stereocenters. The fraction of sp³-hybridized carbons (Fsp3) is 0.0714. The van der Waals surface area contributed by atoms with Crippen LogP contribution in [0.15, 0.2) is 36.9 Å². The van der Waals surface area contributed by atoms with Gasteiger partial charge in [0.2, 0.25) is 11.8 Å². The van der Waals surface area contributed by atoms with Gasteiger partial charge in [0.1, 0.15) is 12.7 Å². The van der Waals surface area contributed by atoms with Gasteiger partial charge in [-0.3, -0.25) is 0 Å². The summed E-state index contributed by atoms with van der Waals surface area (Å²) in [5.74, 6) is 0.520. The lowest BCUT2D eigenvalue weighted by Crippen LogP contribution is -2.02. The van der Waals surface area contributed by atoms with Gasteiger partial charge in [0.15, 0.2) is 0 Å². The highest BCUT2D eigenvalue weighted by Gasteiger charge is 2.12. The Labute approximate surface area is 140 Å². The Balaban J connectivity index is 1.78. The molecule has 0 bridgehead atoms. The van der Waals surface area contributed by atoms with E-state index in [9.17, 15) is 5.11 Å². The lowest BCUT2D eigenvalue weighted by molar-refractivity contribution is 0.434. The lowest BCUT2D eigenvalue weighted by Gasteiger charge is -2.09. The quantitative estimate of drug-likeness (QED) is 0.587. The SMILES string of the molecule is Cc1cc(O)n2nc(Nc3cc(Cl)ccc3-n3cncn3)nc2n1. The third-order valence-electron chi connectivity index (χ3n) is 3.29. The van der Waals surface area contributed by atoms with E-state index in [1.54, 1.807) is 36.1 Å². The zero-order chi connectivity index (χ0) is 16.7. The van der Waals surface area contributed by atoms with Gasteiger partial charge in [-0.15, -0.1) is 5.10 Å². The standard InChI is InChI=1S/C14H11ClN8O/c1-8-4-12(24)23-14(18-8)20-13(21-23)19-10-5-9(15)2-3-11(10)22-7-16-6-17-22/h2-7,24H,1H3,(H,19,21). The van der Waals surface area contributed by atoms with E-state index in [1.807, 2.05) is 0 Å². The number of aromatic hydroxyl groups is 1. The summed E-state index contributed by atoms with van der Waals surface area (Å²) in [6.45, 7) is 1.77. The number of hydrogen-bond acceptors (Lipinski definition) is 7. The van der Waals surface area contributed by atoms with Crippen molar-refractivity contribution < 1.29 is 5.11 Å². The second-order valence-electron chi connectivity index (χ2n) is 5.03. The molecule has 0 spiro atoms. The summed E-state index contributed by atoms with van der Waals surface area (Å²) in [6, 6.07) is 6.78. The van der Waals surface area contributed by atoms with Crippen molar-refractivity contribution in [3.8, 4) is 11.6 Å². The smallest absolute Gasteiger partial charge is 0.257 e. The van der Waals surface area contributed by atoms with Crippen LogP contribution in [0.5, 0.6) is 5.88 Å². The molecule has 0 aliphatic carbocycles. The van der Waals surface area contributed by atoms with Crippen molar-refractivity contribution in [2.45, 2.75) is 6.92 Å². The highest BCUT2D eigenvalue weighted by Crippen LogP contribution is 2.26. The van der Waals surface area contributed by atoms with E-state index in [0.717, 1.165) is 5.69 Å². The lowest BCUT2D eigenvalue weighted by atomic mass is 10.2. The van der Waals surface area contributed by atoms with Crippen molar-refractivity contribution in [1.82, 2.24) is 34.3 Å². The molecule has 3 aromatic heterocycles. The van der Waals surface area contributed by atoms with E-state index in [4.69, 9.17) is 11.6 Å². The van der Waals surface area contributed by atoms with Crippen LogP contribution in [0.4, 0.5) is 11.6 Å². The molecule has 24 heavy (non-hydrogen) atoms. The number of fused-ring (bicyclic) bond motifs is 1. The summed E-state index contributed by atoms with van der Waals surface area (Å²) in [5.41, 5.74) is 2.01. The van der Waals surface area contributed by atoms with Gasteiger partial charge in [-0.1, -0.05) is 11.6 Å². The Bertz CT molecular complexity index is 1030. The molecule has 1 aromatic carbocycles. The van der Waals surface area contributed by atoms with Crippen molar-refractivity contribution in [1.29, 1.82) is 0 Å². The fourth-order valence-corrected chi connectivity index (χ4v) is 2.45. The predicted molar refractivity (Wildman–Crippen MR) is 86.8 cm³/mol. The van der Waals surface area contributed by atoms with Crippen LogP contribution in [0.1, 0.15) is 5.69 Å². The summed E-state index contributed by atoms with van der Waals surface area (Å²) in [6.07, 6.45) is 3.01. The Hall–Kier alpha value is -3.20. The van der Waals surface area contributed by atoms with Gasteiger partial charge in [-0.05, 0) is 25.1 Å². The van der Waals surface area contributed by atoms with Gasteiger partial charge in [0.25, 0.3) is 5.78 Å². The highest BCUT2D eigenvalue weighted by atomic mass is 35.5. The van der Waals surface area contributed by atoms with Crippen molar-refractivity contribution in [3.63, 3.8) is 0 Å². The monoisotopic (exact) mass is 342 g/mol. The van der Waals surface area contributed by atoms with Crippen LogP contribution in [0.25, 0.3) is 11.5 Å². The number of anilines is 2. The number of hydrogen-bond donors (Lipinski definition) is 2. The molecule has 0 aliphatic heterocycles. The largest absolute Gasteiger partial charge is 0.493 e. The topological polar surface area (TPSA) is 106 Å². The molecule has 9 nitrogen and oxygen atoms in total. The Kier molecular flexibility index (Phi) is 3.28. The van der Waals surface area contributed by atoms with E-state index in [-0.39, 0.29) is 11.8 Å². The zero-order valence-electron chi connectivity index (χ0n) is 12.4. The van der Waals surface area contributed by atoms with Gasteiger partial charge in [0.05, 0.1) is 11.4 Å². The molecule has 10 heteroatoms. The number of rotatable bonds is 3. The van der Waals surface area contributed by atoms with Gasteiger partial charge >= 0.3 is 0 Å². The summed E-state index contributed by atoms with van der Waals surface area (Å²) in [5, 5.41) is 21.8. The molecule has 0 aliphatic rings. The molecule has 4 aromatic rings. The van der Waals surface area contributed by atoms with E-state index in [1.165, 1.54) is 16.9 Å². The predicted octanol–water partition coefficient (Wildman–Crippen LogP) is 2.12. The molecule has 4 rings (SSSR count). The number of aromatic nitrogens is 7. The van der Waals surface area contributed by atoms with Gasteiger partial charge in [-0.25, -0.2) is 14.6 Å². The van der Waals surface area contributed by atoms with Gasteiger partial charge in [-0.2, -0.15) is 14.6 Å². The van der Waals surface area contributed by atoms with Crippen LogP contribution in [0, 0.1) is 6.92 Å². The molecule has 0 saturated heterocycles. The van der Waals surface area contributed by atoms with Crippen molar-refractivity contribution in [2.75, 3.05) is 5.32 Å². The van der Waals surface area contributed by atoms with Crippen LogP contribution < -0.4 is 5.32 Å². The van der Waals surface area contributed by atoms with Crippen LogP contribution in [0.3, 0.4) is 0 Å². The fourth-order valence-electron chi connectivity index (χ4n) is 2.28. The van der Waals surface area contributed by atoms with E-state index in [2.05, 4.69) is 30.5 Å². The first kappa shape index (κ1) is 14.4. The second-order valence-corrected chi connectivity index (χ2v) is 5.47. The Morgan fingerprint density at radius 1 is 1.21 bits per heavy atom. The average molecular weight is 343 g/mol. The van der Waals surface area contributed by atoms with E-state index < -0.39 is 0 Å². The van der Waals surface area contributed by atoms with Crippen molar-refractivity contribution >= 4 is 29.0 Å². The molecule has 0 radical (unpaired) electrons. The summed E-state index contributed by atoms with van der Waals surface area (Å²) >= 11 is 6.09. The maximum Gasteiger partial charge on any atom is 0.257 e. The zero-order valence-corrected chi connectivity index (χ0v) is 13.2. The maximum atomic E-state index is 9.93. The number of nitrogens with one attached hydrogen (secondary N) is 1. The molecule has 0 saturated carbocycles. The minimum atomic E-state index is -0.0411. The molecule has 3 heterocycles. The third-order valence-corrected chi connectivity index (χ3v) is 3.53. The van der Waals surface area contributed by atoms with Crippen molar-refractivity contribution in [2.24, 2.45) is 0 Å². The normalized spacial score (nSPS) is 11.1. The first-order valence-electron chi connectivity index (χ1n) is 6.95. The summed E-state index contributed by atoms with van der Waals surface area (Å²) < 4.78 is 2.84. The van der Waals surface area contributed by atoms with E-state index >= 15 is 0 Å². The molecule has 0 unspecified atom stereocenters. The van der Waals surface area contributed by atoms with Gasteiger partial charge < -0.3 is 10.4 Å². The molecular formula is C14H11ClN8O. The second kappa shape index (κ2) is 5.46. The number of aryl methyl sites for hydroxylation is 1. The Morgan fingerprint density at radius 2 is 2.08 bits per heavy atom. The molecule has 2 N–H and O–H groups in total. The molecule has 120 valence electrons. The third kappa shape index (κ3) is 2.50. The minimum absolute atomic E-state index is 0.0411. The van der Waals surface area contributed by atoms with Crippen molar-refractivity contribution in [3.05, 3.63) is 47.6 Å². The van der Waals surface area contributed by atoms with E-state index in [0.29, 0.717) is 22.2 Å². The summed E-state index contributed by atoms with van der Waals surface area (Å²) in [4.78, 5) is 12.4. The minimum Gasteiger partial charge on any atom is -0.493 e. The Morgan fingerprint density at radius 3 is 2.88 bits per heavy atom. The van der Waals surface area contributed by atoms with Crippen LogP contribution in [-0.4, -0.2) is 39.5 Å². The average Bonchev–Trinajstić information content (AvgIpc) is 3.17. The first-order valence-corrected chi connectivity index (χ1v) is 7.33.